The first-order valence-corrected chi connectivity index (χ1v) is 18.0. The van der Waals surface area contributed by atoms with E-state index in [0.717, 1.165) is 38.3 Å². The normalized spacial score (nSPS) is 24.3. The molecule has 4 aliphatic rings. The summed E-state index contributed by atoms with van der Waals surface area (Å²) >= 11 is 0. The van der Waals surface area contributed by atoms with Crippen molar-refractivity contribution in [3.05, 3.63) is 47.9 Å². The standard InChI is InChI=1S/C38H42F4N6O5/c1-37(2,3)53-36(49)48-23-7-8-24(48)18-46(17-23)34-27-15-43-32(26-13-25(52-20-50-4)12-21-6-9-28(40)30(41)29(21)26)31(42)33(27)44-35(45-34)51-19-38-10-5-11-47(38)16-22(39)14-38/h6,9,12-13,15,22-24H,5,7-8,10-11,14,16-20H2,1-4H3/t22-,23?,24?,38?/m1/s1. The SMILES string of the molecule is COCOc1cc(-c2ncc3c(N4CC5CCC(C4)N5C(=O)OC(C)(C)C)nc(OCC45CCCN4C[C@H](F)C5)nc3c2F)c2c(F)c(F)ccc2c1. The highest BCUT2D eigenvalue weighted by Crippen LogP contribution is 2.43. The third-order valence-corrected chi connectivity index (χ3v) is 10.8. The third-order valence-electron chi connectivity index (χ3n) is 10.8. The number of halogens is 4. The molecule has 0 radical (unpaired) electrons. The van der Waals surface area contributed by atoms with E-state index in [1.807, 2.05) is 25.7 Å². The van der Waals surface area contributed by atoms with Crippen LogP contribution in [0.4, 0.5) is 28.2 Å². The Morgan fingerprint density at radius 1 is 1.02 bits per heavy atom. The number of aromatic nitrogens is 3. The van der Waals surface area contributed by atoms with Crippen LogP contribution in [0.5, 0.6) is 11.8 Å². The molecule has 11 nitrogen and oxygen atoms in total. The van der Waals surface area contributed by atoms with Gasteiger partial charge in [0.2, 0.25) is 0 Å². The molecule has 0 aliphatic carbocycles. The number of methoxy groups -OCH3 is 1. The van der Waals surface area contributed by atoms with Gasteiger partial charge >= 0.3 is 12.1 Å². The Morgan fingerprint density at radius 2 is 1.79 bits per heavy atom. The third kappa shape index (κ3) is 6.45. The minimum Gasteiger partial charge on any atom is -0.468 e. The molecule has 0 spiro atoms. The zero-order valence-corrected chi connectivity index (χ0v) is 30.1. The van der Waals surface area contributed by atoms with E-state index >= 15 is 8.78 Å². The maximum atomic E-state index is 17.1. The number of carbonyl (C=O) groups excluding carboxylic acids is 1. The van der Waals surface area contributed by atoms with Gasteiger partial charge in [-0.2, -0.15) is 9.97 Å². The van der Waals surface area contributed by atoms with Crippen molar-refractivity contribution in [2.24, 2.45) is 0 Å². The van der Waals surface area contributed by atoms with E-state index in [2.05, 4.69) is 14.9 Å². The van der Waals surface area contributed by atoms with E-state index in [9.17, 15) is 13.6 Å². The molecule has 8 rings (SSSR count). The second-order valence-corrected chi connectivity index (χ2v) is 15.5. The summed E-state index contributed by atoms with van der Waals surface area (Å²) in [5.74, 6) is -2.57. The molecule has 4 fully saturated rings. The van der Waals surface area contributed by atoms with Crippen LogP contribution in [0, 0.1) is 17.5 Å². The van der Waals surface area contributed by atoms with Crippen LogP contribution in [-0.2, 0) is 9.47 Å². The first kappa shape index (κ1) is 35.5. The fraction of sp³-hybridized carbons (Fsp3) is 0.526. The van der Waals surface area contributed by atoms with Gasteiger partial charge < -0.3 is 23.8 Å². The largest absolute Gasteiger partial charge is 0.468 e. The molecule has 4 saturated heterocycles. The van der Waals surface area contributed by atoms with E-state index in [0.29, 0.717) is 31.9 Å². The fourth-order valence-corrected chi connectivity index (χ4v) is 8.62. The van der Waals surface area contributed by atoms with Gasteiger partial charge in [-0.25, -0.2) is 22.4 Å². The van der Waals surface area contributed by atoms with Crippen LogP contribution in [0.15, 0.2) is 30.5 Å². The molecule has 282 valence electrons. The molecular weight excluding hydrogens is 696 g/mol. The van der Waals surface area contributed by atoms with Crippen molar-refractivity contribution in [2.45, 2.75) is 82.3 Å². The van der Waals surface area contributed by atoms with E-state index in [-0.39, 0.29) is 76.3 Å². The van der Waals surface area contributed by atoms with Crippen molar-refractivity contribution in [3.8, 4) is 23.0 Å². The molecule has 4 atom stereocenters. The molecule has 4 aliphatic heterocycles. The van der Waals surface area contributed by atoms with Gasteiger partial charge in [-0.3, -0.25) is 14.8 Å². The Labute approximate surface area is 304 Å². The van der Waals surface area contributed by atoms with E-state index in [1.165, 1.54) is 31.5 Å². The van der Waals surface area contributed by atoms with Gasteiger partial charge in [0.05, 0.1) is 23.0 Å². The second-order valence-electron chi connectivity index (χ2n) is 15.5. The highest BCUT2D eigenvalue weighted by Gasteiger charge is 2.50. The topological polar surface area (TPSA) is 102 Å². The first-order chi connectivity index (χ1) is 25.3. The molecule has 2 aromatic heterocycles. The predicted molar refractivity (Wildman–Crippen MR) is 188 cm³/mol. The number of piperazine rings is 1. The minimum absolute atomic E-state index is 0.0444. The molecule has 6 heterocycles. The van der Waals surface area contributed by atoms with Crippen LogP contribution in [-0.4, -0.2) is 107 Å². The molecule has 2 aromatic carbocycles. The highest BCUT2D eigenvalue weighted by atomic mass is 19.2. The number of carbonyl (C=O) groups is 1. The van der Waals surface area contributed by atoms with Crippen LogP contribution in [0.1, 0.15) is 52.9 Å². The minimum atomic E-state index is -1.16. The Balaban J connectivity index is 1.23. The van der Waals surface area contributed by atoms with Gasteiger partial charge in [0.1, 0.15) is 41.2 Å². The maximum Gasteiger partial charge on any atom is 0.410 e. The lowest BCUT2D eigenvalue weighted by Gasteiger charge is -2.42. The van der Waals surface area contributed by atoms with E-state index < -0.39 is 34.8 Å². The number of nitrogens with zero attached hydrogens (tertiary/aromatic N) is 6. The van der Waals surface area contributed by atoms with Crippen LogP contribution < -0.4 is 14.4 Å². The number of anilines is 1. The summed E-state index contributed by atoms with van der Waals surface area (Å²) < 4.78 is 84.5. The number of amides is 1. The zero-order chi connectivity index (χ0) is 37.2. The lowest BCUT2D eigenvalue weighted by molar-refractivity contribution is 0.0122. The number of ether oxygens (including phenoxy) is 4. The lowest BCUT2D eigenvalue weighted by Crippen LogP contribution is -2.57. The summed E-state index contributed by atoms with van der Waals surface area (Å²) in [6.07, 6.45) is 3.56. The Bertz CT molecular complexity index is 2070. The quantitative estimate of drug-likeness (QED) is 0.142. The molecule has 4 aromatic rings. The average molecular weight is 739 g/mol. The van der Waals surface area contributed by atoms with Gasteiger partial charge in [0, 0.05) is 50.3 Å². The van der Waals surface area contributed by atoms with Crippen LogP contribution >= 0.6 is 0 Å². The monoisotopic (exact) mass is 738 g/mol. The summed E-state index contributed by atoms with van der Waals surface area (Å²) in [6.45, 7) is 7.34. The smallest absolute Gasteiger partial charge is 0.410 e. The number of rotatable bonds is 8. The molecule has 0 saturated carbocycles. The molecule has 53 heavy (non-hydrogen) atoms. The molecule has 15 heteroatoms. The number of benzene rings is 2. The van der Waals surface area contributed by atoms with E-state index in [4.69, 9.17) is 23.9 Å². The Hall–Kier alpha value is -4.50. The summed E-state index contributed by atoms with van der Waals surface area (Å²) in [6, 6.07) is 4.80. The molecule has 3 unspecified atom stereocenters. The molecular formula is C38H42F4N6O5. The van der Waals surface area contributed by atoms with Crippen molar-refractivity contribution < 1.29 is 41.3 Å². The summed E-state index contributed by atoms with van der Waals surface area (Å²) in [4.78, 5) is 32.9. The van der Waals surface area contributed by atoms with Crippen LogP contribution in [0.2, 0.25) is 0 Å². The van der Waals surface area contributed by atoms with Crippen LogP contribution in [0.25, 0.3) is 32.9 Å². The zero-order valence-electron chi connectivity index (χ0n) is 30.1. The van der Waals surface area contributed by atoms with E-state index in [1.54, 1.807) is 4.90 Å². The average Bonchev–Trinajstić information content (AvgIpc) is 3.73. The van der Waals surface area contributed by atoms with Crippen molar-refractivity contribution in [3.63, 3.8) is 0 Å². The van der Waals surface area contributed by atoms with Gasteiger partial charge in [0.25, 0.3) is 0 Å². The highest BCUT2D eigenvalue weighted by molar-refractivity contribution is 6.00. The predicted octanol–water partition coefficient (Wildman–Crippen LogP) is 6.79. The summed E-state index contributed by atoms with van der Waals surface area (Å²) in [5, 5.41) is 0.364. The summed E-state index contributed by atoms with van der Waals surface area (Å²) in [5.41, 5.74) is -1.63. The van der Waals surface area contributed by atoms with Gasteiger partial charge in [-0.1, -0.05) is 6.07 Å². The van der Waals surface area contributed by atoms with Crippen molar-refractivity contribution in [1.29, 1.82) is 0 Å². The van der Waals surface area contributed by atoms with Gasteiger partial charge in [-0.05, 0) is 76.6 Å². The molecule has 0 N–H and O–H groups in total. The fourth-order valence-electron chi connectivity index (χ4n) is 8.62. The number of alkyl halides is 1. The second kappa shape index (κ2) is 13.4. The molecule has 2 bridgehead atoms. The summed E-state index contributed by atoms with van der Waals surface area (Å²) in [7, 11) is 1.44. The lowest BCUT2D eigenvalue weighted by atomic mass is 9.95. The Morgan fingerprint density at radius 3 is 2.53 bits per heavy atom. The number of pyridine rings is 1. The van der Waals surface area contributed by atoms with Crippen LogP contribution in [0.3, 0.4) is 0 Å². The molecule has 1 amide bonds. The Kier molecular flexibility index (Phi) is 8.99. The number of hydrogen-bond acceptors (Lipinski definition) is 10. The van der Waals surface area contributed by atoms with Gasteiger partial charge in [-0.15, -0.1) is 0 Å². The number of hydrogen-bond donors (Lipinski definition) is 0. The van der Waals surface area contributed by atoms with Crippen molar-refractivity contribution >= 4 is 33.6 Å². The van der Waals surface area contributed by atoms with Crippen molar-refractivity contribution in [1.82, 2.24) is 24.8 Å². The van der Waals surface area contributed by atoms with Crippen molar-refractivity contribution in [2.75, 3.05) is 51.6 Å². The maximum absolute atomic E-state index is 17.1. The first-order valence-electron chi connectivity index (χ1n) is 18.0. The van der Waals surface area contributed by atoms with Gasteiger partial charge in [0.15, 0.2) is 24.2 Å². The number of fused-ring (bicyclic) bond motifs is 5.